The summed E-state index contributed by atoms with van der Waals surface area (Å²) in [6, 6.07) is 4.10. The SMILES string of the molecule is CC(C)CN(CC(N)=O)C(=O)c1ccc(Br)c(F)c1. The molecule has 0 bridgehead atoms. The molecule has 0 fully saturated rings. The van der Waals surface area contributed by atoms with Crippen molar-refractivity contribution in [2.75, 3.05) is 13.1 Å². The van der Waals surface area contributed by atoms with E-state index >= 15 is 0 Å². The lowest BCUT2D eigenvalue weighted by atomic mass is 10.1. The molecule has 0 spiro atoms. The molecule has 4 nitrogen and oxygen atoms in total. The molecule has 6 heteroatoms. The standard InChI is InChI=1S/C13H16BrFN2O2/c1-8(2)6-17(7-12(16)18)13(19)9-3-4-10(14)11(15)5-9/h3-5,8H,6-7H2,1-2H3,(H2,16,18). The number of nitrogens with zero attached hydrogens (tertiary/aromatic N) is 1. The number of halogens is 2. The third-order valence-electron chi connectivity index (χ3n) is 2.39. The van der Waals surface area contributed by atoms with Crippen molar-refractivity contribution in [3.63, 3.8) is 0 Å². The molecular formula is C13H16BrFN2O2. The van der Waals surface area contributed by atoms with Gasteiger partial charge in [-0.1, -0.05) is 13.8 Å². The van der Waals surface area contributed by atoms with E-state index in [-0.39, 0.29) is 22.5 Å². The van der Waals surface area contributed by atoms with Crippen molar-refractivity contribution in [2.24, 2.45) is 11.7 Å². The van der Waals surface area contributed by atoms with Gasteiger partial charge in [0.2, 0.25) is 5.91 Å². The third kappa shape index (κ3) is 4.63. The van der Waals surface area contributed by atoms with Crippen molar-refractivity contribution in [3.8, 4) is 0 Å². The van der Waals surface area contributed by atoms with E-state index in [2.05, 4.69) is 15.9 Å². The van der Waals surface area contributed by atoms with Gasteiger partial charge in [0.15, 0.2) is 0 Å². The Morgan fingerprint density at radius 3 is 2.53 bits per heavy atom. The van der Waals surface area contributed by atoms with Crippen LogP contribution >= 0.6 is 15.9 Å². The normalized spacial score (nSPS) is 10.6. The minimum atomic E-state index is -0.591. The number of carbonyl (C=O) groups excluding carboxylic acids is 2. The largest absolute Gasteiger partial charge is 0.368 e. The number of carbonyl (C=O) groups is 2. The Bertz CT molecular complexity index is 492. The van der Waals surface area contributed by atoms with Crippen LogP contribution in [0.3, 0.4) is 0 Å². The fourth-order valence-corrected chi connectivity index (χ4v) is 1.91. The molecule has 0 radical (unpaired) electrons. The van der Waals surface area contributed by atoms with E-state index in [1.807, 2.05) is 13.8 Å². The zero-order chi connectivity index (χ0) is 14.6. The fraction of sp³-hybridized carbons (Fsp3) is 0.385. The second-order valence-electron chi connectivity index (χ2n) is 4.67. The number of rotatable bonds is 5. The van der Waals surface area contributed by atoms with Crippen LogP contribution in [-0.4, -0.2) is 29.8 Å². The Morgan fingerprint density at radius 2 is 2.05 bits per heavy atom. The lowest BCUT2D eigenvalue weighted by Gasteiger charge is -2.23. The number of hydrogen-bond donors (Lipinski definition) is 1. The second kappa shape index (κ2) is 6.65. The number of primary amides is 1. The van der Waals surface area contributed by atoms with Crippen molar-refractivity contribution in [1.82, 2.24) is 4.90 Å². The molecule has 0 aliphatic carbocycles. The minimum absolute atomic E-state index is 0.172. The molecular weight excluding hydrogens is 315 g/mol. The van der Waals surface area contributed by atoms with E-state index in [4.69, 9.17) is 5.73 Å². The monoisotopic (exact) mass is 330 g/mol. The number of amides is 2. The molecule has 0 unspecified atom stereocenters. The maximum absolute atomic E-state index is 13.4. The molecule has 0 saturated heterocycles. The van der Waals surface area contributed by atoms with E-state index in [9.17, 15) is 14.0 Å². The van der Waals surface area contributed by atoms with Gasteiger partial charge in [0.05, 0.1) is 11.0 Å². The van der Waals surface area contributed by atoms with Gasteiger partial charge in [-0.15, -0.1) is 0 Å². The average molecular weight is 331 g/mol. The van der Waals surface area contributed by atoms with Crippen molar-refractivity contribution in [3.05, 3.63) is 34.1 Å². The predicted molar refractivity (Wildman–Crippen MR) is 74.0 cm³/mol. The van der Waals surface area contributed by atoms with E-state index < -0.39 is 17.6 Å². The Labute approximate surface area is 119 Å². The van der Waals surface area contributed by atoms with E-state index in [0.29, 0.717) is 6.54 Å². The fourth-order valence-electron chi connectivity index (χ4n) is 1.66. The van der Waals surface area contributed by atoms with E-state index in [1.54, 1.807) is 0 Å². The highest BCUT2D eigenvalue weighted by Gasteiger charge is 2.19. The molecule has 0 saturated carbocycles. The summed E-state index contributed by atoms with van der Waals surface area (Å²) in [4.78, 5) is 24.5. The molecule has 2 N–H and O–H groups in total. The first-order chi connectivity index (χ1) is 8.81. The van der Waals surface area contributed by atoms with Crippen LogP contribution < -0.4 is 5.73 Å². The summed E-state index contributed by atoms with van der Waals surface area (Å²) in [5.74, 6) is -1.33. The maximum Gasteiger partial charge on any atom is 0.254 e. The van der Waals surface area contributed by atoms with Gasteiger partial charge in [-0.2, -0.15) is 0 Å². The first kappa shape index (κ1) is 15.6. The summed E-state index contributed by atoms with van der Waals surface area (Å²) < 4.78 is 13.7. The van der Waals surface area contributed by atoms with Gasteiger partial charge in [0, 0.05) is 12.1 Å². The summed E-state index contributed by atoms with van der Waals surface area (Å²) in [7, 11) is 0. The summed E-state index contributed by atoms with van der Waals surface area (Å²) in [5, 5.41) is 0. The lowest BCUT2D eigenvalue weighted by molar-refractivity contribution is -0.118. The highest BCUT2D eigenvalue weighted by Crippen LogP contribution is 2.17. The Morgan fingerprint density at radius 1 is 1.42 bits per heavy atom. The van der Waals surface area contributed by atoms with Gasteiger partial charge in [0.25, 0.3) is 5.91 Å². The zero-order valence-electron chi connectivity index (χ0n) is 10.8. The first-order valence-corrected chi connectivity index (χ1v) is 6.63. The first-order valence-electron chi connectivity index (χ1n) is 5.84. The average Bonchev–Trinajstić information content (AvgIpc) is 2.29. The van der Waals surface area contributed by atoms with Crippen LogP contribution in [0.5, 0.6) is 0 Å². The Kier molecular flexibility index (Phi) is 5.47. The van der Waals surface area contributed by atoms with E-state index in [1.165, 1.54) is 17.0 Å². The van der Waals surface area contributed by atoms with Crippen molar-refractivity contribution in [2.45, 2.75) is 13.8 Å². The summed E-state index contributed by atoms with van der Waals surface area (Å²) in [6.07, 6.45) is 0. The van der Waals surface area contributed by atoms with Gasteiger partial charge in [-0.25, -0.2) is 4.39 Å². The highest BCUT2D eigenvalue weighted by atomic mass is 79.9. The van der Waals surface area contributed by atoms with Crippen molar-refractivity contribution in [1.29, 1.82) is 0 Å². The summed E-state index contributed by atoms with van der Waals surface area (Å²) in [5.41, 5.74) is 5.32. The van der Waals surface area contributed by atoms with Gasteiger partial charge >= 0.3 is 0 Å². The second-order valence-corrected chi connectivity index (χ2v) is 5.53. The Balaban J connectivity index is 2.97. The van der Waals surface area contributed by atoms with Crippen LogP contribution in [0.4, 0.5) is 4.39 Å². The topological polar surface area (TPSA) is 63.4 Å². The maximum atomic E-state index is 13.4. The number of nitrogens with two attached hydrogens (primary N) is 1. The molecule has 19 heavy (non-hydrogen) atoms. The number of hydrogen-bond acceptors (Lipinski definition) is 2. The van der Waals surface area contributed by atoms with Crippen LogP contribution in [-0.2, 0) is 4.79 Å². The molecule has 2 amide bonds. The quantitative estimate of drug-likeness (QED) is 0.899. The molecule has 104 valence electrons. The van der Waals surface area contributed by atoms with Crippen LogP contribution in [0.1, 0.15) is 24.2 Å². The molecule has 1 aromatic rings. The predicted octanol–water partition coefficient (Wildman–Crippen LogP) is 2.17. The molecule has 0 aromatic heterocycles. The lowest BCUT2D eigenvalue weighted by Crippen LogP contribution is -2.40. The van der Waals surface area contributed by atoms with Crippen LogP contribution in [0.2, 0.25) is 0 Å². The van der Waals surface area contributed by atoms with Crippen LogP contribution in [0.15, 0.2) is 22.7 Å². The Hall–Kier alpha value is -1.43. The van der Waals surface area contributed by atoms with Crippen molar-refractivity contribution >= 4 is 27.7 Å². The van der Waals surface area contributed by atoms with Crippen LogP contribution in [0.25, 0.3) is 0 Å². The van der Waals surface area contributed by atoms with Gasteiger partial charge < -0.3 is 10.6 Å². The highest BCUT2D eigenvalue weighted by molar-refractivity contribution is 9.10. The van der Waals surface area contributed by atoms with Crippen molar-refractivity contribution < 1.29 is 14.0 Å². The third-order valence-corrected chi connectivity index (χ3v) is 3.03. The smallest absolute Gasteiger partial charge is 0.254 e. The summed E-state index contributed by atoms with van der Waals surface area (Å²) >= 11 is 3.02. The zero-order valence-corrected chi connectivity index (χ0v) is 12.4. The molecule has 1 rings (SSSR count). The summed E-state index contributed by atoms with van der Waals surface area (Å²) in [6.45, 7) is 4.06. The minimum Gasteiger partial charge on any atom is -0.368 e. The molecule has 0 heterocycles. The molecule has 0 atom stereocenters. The molecule has 1 aromatic carbocycles. The molecule has 0 aliphatic heterocycles. The van der Waals surface area contributed by atoms with Gasteiger partial charge in [0.1, 0.15) is 5.82 Å². The number of benzene rings is 1. The molecule has 0 aliphatic rings. The van der Waals surface area contributed by atoms with E-state index in [0.717, 1.165) is 6.07 Å². The van der Waals surface area contributed by atoms with Crippen LogP contribution in [0, 0.1) is 11.7 Å². The van der Waals surface area contributed by atoms with Gasteiger partial charge in [-0.05, 0) is 40.0 Å². The van der Waals surface area contributed by atoms with Gasteiger partial charge in [-0.3, -0.25) is 9.59 Å².